The maximum absolute atomic E-state index is 5.68. The van der Waals surface area contributed by atoms with E-state index in [0.29, 0.717) is 0 Å². The molecule has 3 heteroatoms. The van der Waals surface area contributed by atoms with Crippen molar-refractivity contribution in [1.82, 2.24) is 4.98 Å². The molecule has 0 radical (unpaired) electrons. The highest BCUT2D eigenvalue weighted by Crippen LogP contribution is 2.45. The van der Waals surface area contributed by atoms with E-state index in [2.05, 4.69) is 4.98 Å². The fourth-order valence-electron chi connectivity index (χ4n) is 2.36. The van der Waals surface area contributed by atoms with Crippen LogP contribution in [-0.2, 0) is 17.9 Å². The Morgan fingerprint density at radius 1 is 1.36 bits per heavy atom. The van der Waals surface area contributed by atoms with Gasteiger partial charge in [-0.05, 0) is 42.9 Å². The molecule has 0 atom stereocenters. The van der Waals surface area contributed by atoms with Gasteiger partial charge in [0.2, 0.25) is 0 Å². The first kappa shape index (κ1) is 8.86. The fraction of sp³-hybridized carbons (Fsp3) is 0.636. The van der Waals surface area contributed by atoms with E-state index in [1.165, 1.54) is 35.7 Å². The maximum atomic E-state index is 5.68. The van der Waals surface area contributed by atoms with Crippen LogP contribution in [0.15, 0.2) is 0 Å². The van der Waals surface area contributed by atoms with Crippen LogP contribution in [0.25, 0.3) is 0 Å². The number of fused-ring (bicyclic) bond motifs is 1. The van der Waals surface area contributed by atoms with E-state index in [-0.39, 0.29) is 0 Å². The van der Waals surface area contributed by atoms with Crippen molar-refractivity contribution in [3.05, 3.63) is 22.5 Å². The van der Waals surface area contributed by atoms with E-state index >= 15 is 0 Å². The van der Waals surface area contributed by atoms with Crippen LogP contribution in [-0.4, -0.2) is 11.5 Å². The Morgan fingerprint density at radius 3 is 2.93 bits per heavy atom. The van der Waals surface area contributed by atoms with Gasteiger partial charge in [0.15, 0.2) is 0 Å². The lowest BCUT2D eigenvalue weighted by molar-refractivity contribution is 0.917. The molecular weight excluding hydrogens is 192 g/mol. The molecule has 2 aliphatic rings. The smallest absolute Gasteiger partial charge is 0.0342 e. The highest BCUT2D eigenvalue weighted by molar-refractivity contribution is 7.98. The monoisotopic (exact) mass is 208 g/mol. The minimum absolute atomic E-state index is 0.786. The Labute approximate surface area is 88.6 Å². The zero-order valence-electron chi connectivity index (χ0n) is 8.31. The number of nitrogens with two attached hydrogens (primary N) is 1. The van der Waals surface area contributed by atoms with E-state index in [1.807, 2.05) is 11.8 Å². The van der Waals surface area contributed by atoms with E-state index in [4.69, 9.17) is 5.73 Å². The van der Waals surface area contributed by atoms with E-state index in [0.717, 1.165) is 18.9 Å². The molecule has 2 nitrogen and oxygen atoms in total. The highest BCUT2D eigenvalue weighted by Gasteiger charge is 2.31. The minimum Gasteiger partial charge on any atom is -0.361 e. The average Bonchev–Trinajstić information content (AvgIpc) is 2.82. The third kappa shape index (κ3) is 1.30. The lowest BCUT2D eigenvalue weighted by atomic mass is 10.0. The van der Waals surface area contributed by atoms with Crippen molar-refractivity contribution >= 4 is 11.8 Å². The molecule has 0 unspecified atom stereocenters. The number of hydrogen-bond acceptors (Lipinski definition) is 2. The van der Waals surface area contributed by atoms with Crippen LogP contribution in [0.5, 0.6) is 0 Å². The molecule has 14 heavy (non-hydrogen) atoms. The van der Waals surface area contributed by atoms with Crippen LogP contribution < -0.4 is 5.73 Å². The van der Waals surface area contributed by atoms with Gasteiger partial charge in [-0.1, -0.05) is 0 Å². The summed E-state index contributed by atoms with van der Waals surface area (Å²) >= 11 is 2.02. The zero-order valence-corrected chi connectivity index (χ0v) is 9.12. The molecule has 0 amide bonds. The second-order valence-corrected chi connectivity index (χ2v) is 5.27. The molecule has 3 N–H and O–H groups in total. The summed E-state index contributed by atoms with van der Waals surface area (Å²) in [5, 5.41) is 0. The fourth-order valence-corrected chi connectivity index (χ4v) is 3.47. The largest absolute Gasteiger partial charge is 0.361 e. The van der Waals surface area contributed by atoms with Crippen LogP contribution in [0.2, 0.25) is 0 Å². The number of rotatable bonds is 3. The molecule has 3 rings (SSSR count). The van der Waals surface area contributed by atoms with Gasteiger partial charge in [0.05, 0.1) is 0 Å². The summed E-state index contributed by atoms with van der Waals surface area (Å²) in [6.45, 7) is 0.786. The van der Waals surface area contributed by atoms with E-state index in [1.54, 1.807) is 11.1 Å². The molecule has 0 saturated heterocycles. The van der Waals surface area contributed by atoms with Gasteiger partial charge in [-0.15, -0.1) is 0 Å². The lowest BCUT2D eigenvalue weighted by Gasteiger charge is -2.03. The van der Waals surface area contributed by atoms with Gasteiger partial charge >= 0.3 is 0 Å². The molecular formula is C11H16N2S. The molecule has 1 aliphatic heterocycles. The number of nitrogens with one attached hydrogen (secondary N) is 1. The molecule has 0 bridgehead atoms. The summed E-state index contributed by atoms with van der Waals surface area (Å²) in [5.41, 5.74) is 11.8. The lowest BCUT2D eigenvalue weighted by Crippen LogP contribution is -2.05. The first-order chi connectivity index (χ1) is 6.90. The van der Waals surface area contributed by atoms with Crippen molar-refractivity contribution < 1.29 is 0 Å². The number of hydrogen-bond donors (Lipinski definition) is 2. The molecule has 1 saturated carbocycles. The number of thioether (sulfide) groups is 1. The topological polar surface area (TPSA) is 41.8 Å². The van der Waals surface area contributed by atoms with Gasteiger partial charge in [0.1, 0.15) is 0 Å². The van der Waals surface area contributed by atoms with Crippen LogP contribution >= 0.6 is 11.8 Å². The molecule has 1 aromatic rings. The van der Waals surface area contributed by atoms with Crippen molar-refractivity contribution in [1.29, 1.82) is 0 Å². The molecule has 0 aromatic carbocycles. The molecule has 2 heterocycles. The molecule has 76 valence electrons. The van der Waals surface area contributed by atoms with E-state index < -0.39 is 0 Å². The van der Waals surface area contributed by atoms with Crippen molar-refractivity contribution in [3.8, 4) is 0 Å². The standard InChI is InChI=1S/C11H16N2S/c12-4-3-8-9-5-14-6-10(9)13-11(8)7-1-2-7/h7,13H,1-6,12H2. The van der Waals surface area contributed by atoms with Gasteiger partial charge < -0.3 is 10.7 Å². The van der Waals surface area contributed by atoms with Crippen molar-refractivity contribution in [2.75, 3.05) is 6.54 Å². The Morgan fingerprint density at radius 2 is 2.21 bits per heavy atom. The molecule has 1 aliphatic carbocycles. The van der Waals surface area contributed by atoms with Crippen LogP contribution in [0.1, 0.15) is 41.3 Å². The average molecular weight is 208 g/mol. The Kier molecular flexibility index (Phi) is 2.10. The predicted octanol–water partition coefficient (Wildman–Crippen LogP) is 2.14. The Balaban J connectivity index is 2.01. The summed E-state index contributed by atoms with van der Waals surface area (Å²) in [4.78, 5) is 3.63. The second kappa shape index (κ2) is 3.31. The van der Waals surface area contributed by atoms with Gasteiger partial charge in [-0.25, -0.2) is 0 Å². The zero-order chi connectivity index (χ0) is 9.54. The van der Waals surface area contributed by atoms with Crippen LogP contribution in [0, 0.1) is 0 Å². The second-order valence-electron chi connectivity index (χ2n) is 4.28. The SMILES string of the molecule is NCCc1c(C2CC2)[nH]c2c1CSC2. The van der Waals surface area contributed by atoms with Crippen molar-refractivity contribution in [2.24, 2.45) is 5.73 Å². The summed E-state index contributed by atoms with van der Waals surface area (Å²) in [5.74, 6) is 3.22. The summed E-state index contributed by atoms with van der Waals surface area (Å²) < 4.78 is 0. The quantitative estimate of drug-likeness (QED) is 0.799. The van der Waals surface area contributed by atoms with Crippen molar-refractivity contribution in [3.63, 3.8) is 0 Å². The van der Waals surface area contributed by atoms with Gasteiger partial charge in [-0.2, -0.15) is 11.8 Å². The van der Waals surface area contributed by atoms with Crippen LogP contribution in [0.4, 0.5) is 0 Å². The Hall–Kier alpha value is -0.410. The third-order valence-corrected chi connectivity index (χ3v) is 4.20. The first-order valence-electron chi connectivity index (χ1n) is 5.40. The van der Waals surface area contributed by atoms with Crippen molar-refractivity contribution in [2.45, 2.75) is 36.7 Å². The summed E-state index contributed by atoms with van der Waals surface area (Å²) in [7, 11) is 0. The molecule has 1 fully saturated rings. The van der Waals surface area contributed by atoms with Crippen LogP contribution in [0.3, 0.4) is 0 Å². The van der Waals surface area contributed by atoms with E-state index in [9.17, 15) is 0 Å². The third-order valence-electron chi connectivity index (χ3n) is 3.21. The number of aromatic nitrogens is 1. The Bertz CT molecular complexity index is 352. The van der Waals surface area contributed by atoms with Gasteiger partial charge in [0, 0.05) is 22.9 Å². The van der Waals surface area contributed by atoms with Gasteiger partial charge in [0.25, 0.3) is 0 Å². The summed E-state index contributed by atoms with van der Waals surface area (Å²) in [6, 6.07) is 0. The molecule has 1 aromatic heterocycles. The molecule has 0 spiro atoms. The maximum Gasteiger partial charge on any atom is 0.0342 e. The highest BCUT2D eigenvalue weighted by atomic mass is 32.2. The first-order valence-corrected chi connectivity index (χ1v) is 6.56. The minimum atomic E-state index is 0.786. The number of H-pyrrole nitrogens is 1. The van der Waals surface area contributed by atoms with Gasteiger partial charge in [-0.3, -0.25) is 0 Å². The summed E-state index contributed by atoms with van der Waals surface area (Å²) in [6.07, 6.45) is 3.83. The predicted molar refractivity (Wildman–Crippen MR) is 60.5 cm³/mol. The normalized spacial score (nSPS) is 20.1. The number of aromatic amines is 1.